The van der Waals surface area contributed by atoms with E-state index in [0.29, 0.717) is 26.4 Å². The molecule has 2 aromatic heterocycles. The summed E-state index contributed by atoms with van der Waals surface area (Å²) in [5.41, 5.74) is 3.12. The fraction of sp³-hybridized carbons (Fsp3) is 0.0909. The zero-order chi connectivity index (χ0) is 12.2. The Morgan fingerprint density at radius 3 is 2.59 bits per heavy atom. The minimum atomic E-state index is 0.351. The molecule has 2 heterocycles. The molecule has 3 nitrogen and oxygen atoms in total. The molecule has 0 saturated heterocycles. The van der Waals surface area contributed by atoms with Gasteiger partial charge in [0.05, 0.1) is 21.1 Å². The van der Waals surface area contributed by atoms with Crippen LogP contribution < -0.4 is 0 Å². The normalized spacial score (nSPS) is 11.5. The van der Waals surface area contributed by atoms with Gasteiger partial charge in [-0.3, -0.25) is 4.40 Å². The number of halogens is 3. The summed E-state index contributed by atoms with van der Waals surface area (Å²) in [5, 5.41) is 1.29. The van der Waals surface area contributed by atoms with Gasteiger partial charge >= 0.3 is 0 Å². The van der Waals surface area contributed by atoms with Crippen molar-refractivity contribution in [2.45, 2.75) is 6.92 Å². The lowest BCUT2D eigenvalue weighted by molar-refractivity contribution is 1.14. The number of aryl methyl sites for hydroxylation is 1. The van der Waals surface area contributed by atoms with Gasteiger partial charge in [0.15, 0.2) is 10.8 Å². The average molecular weight is 287 g/mol. The van der Waals surface area contributed by atoms with Crippen LogP contribution in [0.5, 0.6) is 0 Å². The summed E-state index contributed by atoms with van der Waals surface area (Å²) in [6, 6.07) is 3.47. The van der Waals surface area contributed by atoms with Crippen LogP contribution in [0, 0.1) is 6.92 Å². The second kappa shape index (κ2) is 3.73. The Kier molecular flexibility index (Phi) is 2.43. The molecule has 0 bridgehead atoms. The number of aromatic nitrogens is 3. The summed E-state index contributed by atoms with van der Waals surface area (Å²) in [7, 11) is 0. The number of hydrogen-bond donors (Lipinski definition) is 0. The highest BCUT2D eigenvalue weighted by Gasteiger charge is 2.12. The summed E-state index contributed by atoms with van der Waals surface area (Å²) in [4.78, 5) is 8.47. The van der Waals surface area contributed by atoms with Crippen molar-refractivity contribution in [2.75, 3.05) is 0 Å². The van der Waals surface area contributed by atoms with Crippen LogP contribution in [0.15, 0.2) is 18.3 Å². The third-order valence-electron chi connectivity index (χ3n) is 2.60. The standard InChI is InChI=1S/C11H6Cl3N3/c1-5-4-15-11-10(14)16-8-2-6(12)7(13)3-9(8)17(5)11/h2-4H,1H3. The van der Waals surface area contributed by atoms with Crippen LogP contribution in [0.25, 0.3) is 16.7 Å². The van der Waals surface area contributed by atoms with Gasteiger partial charge in [-0.15, -0.1) is 0 Å². The van der Waals surface area contributed by atoms with E-state index in [-0.39, 0.29) is 0 Å². The quantitative estimate of drug-likeness (QED) is 0.621. The van der Waals surface area contributed by atoms with Crippen molar-refractivity contribution in [3.63, 3.8) is 0 Å². The van der Waals surface area contributed by atoms with Crippen LogP contribution in [0.4, 0.5) is 0 Å². The average Bonchev–Trinajstić information content (AvgIpc) is 2.65. The van der Waals surface area contributed by atoms with E-state index in [2.05, 4.69) is 9.97 Å². The first-order valence-electron chi connectivity index (χ1n) is 4.86. The molecule has 17 heavy (non-hydrogen) atoms. The third-order valence-corrected chi connectivity index (χ3v) is 3.58. The van der Waals surface area contributed by atoms with Gasteiger partial charge in [-0.1, -0.05) is 34.8 Å². The monoisotopic (exact) mass is 285 g/mol. The number of imidazole rings is 1. The van der Waals surface area contributed by atoms with Crippen molar-refractivity contribution in [1.29, 1.82) is 0 Å². The van der Waals surface area contributed by atoms with Gasteiger partial charge in [-0.2, -0.15) is 0 Å². The van der Waals surface area contributed by atoms with Crippen molar-refractivity contribution < 1.29 is 0 Å². The Balaban J connectivity index is 2.62. The molecule has 0 amide bonds. The van der Waals surface area contributed by atoms with Gasteiger partial charge in [0.25, 0.3) is 0 Å². The summed E-state index contributed by atoms with van der Waals surface area (Å²) >= 11 is 18.1. The first-order chi connectivity index (χ1) is 8.08. The Bertz CT molecular complexity index is 749. The molecule has 0 atom stereocenters. The summed E-state index contributed by atoms with van der Waals surface area (Å²) in [6.45, 7) is 1.94. The highest BCUT2D eigenvalue weighted by molar-refractivity contribution is 6.42. The van der Waals surface area contributed by atoms with Crippen LogP contribution in [-0.2, 0) is 0 Å². The Labute approximate surface area is 112 Å². The molecule has 0 unspecified atom stereocenters. The van der Waals surface area contributed by atoms with E-state index in [1.165, 1.54) is 0 Å². The largest absolute Gasteiger partial charge is 0.293 e. The van der Waals surface area contributed by atoms with E-state index in [4.69, 9.17) is 34.8 Å². The van der Waals surface area contributed by atoms with Gasteiger partial charge in [-0.25, -0.2) is 9.97 Å². The fourth-order valence-electron chi connectivity index (χ4n) is 1.84. The topological polar surface area (TPSA) is 30.2 Å². The molecule has 3 rings (SSSR count). The van der Waals surface area contributed by atoms with Crippen LogP contribution in [0.2, 0.25) is 15.2 Å². The molecule has 0 aliphatic carbocycles. The summed E-state index contributed by atoms with van der Waals surface area (Å²) in [6.07, 6.45) is 1.74. The zero-order valence-corrected chi connectivity index (χ0v) is 11.0. The van der Waals surface area contributed by atoms with E-state index < -0.39 is 0 Å². The number of hydrogen-bond acceptors (Lipinski definition) is 2. The molecule has 0 fully saturated rings. The minimum absolute atomic E-state index is 0.351. The molecule has 0 saturated carbocycles. The zero-order valence-electron chi connectivity index (χ0n) is 8.71. The molecule has 0 radical (unpaired) electrons. The minimum Gasteiger partial charge on any atom is -0.293 e. The molecule has 0 N–H and O–H groups in total. The van der Waals surface area contributed by atoms with Gasteiger partial charge in [-0.05, 0) is 19.1 Å². The lowest BCUT2D eigenvalue weighted by Crippen LogP contribution is -1.95. The smallest absolute Gasteiger partial charge is 0.175 e. The van der Waals surface area contributed by atoms with Gasteiger partial charge in [0, 0.05) is 11.9 Å². The number of fused-ring (bicyclic) bond motifs is 3. The fourth-order valence-corrected chi connectivity index (χ4v) is 2.38. The van der Waals surface area contributed by atoms with Crippen molar-refractivity contribution in [2.24, 2.45) is 0 Å². The number of nitrogens with zero attached hydrogens (tertiary/aromatic N) is 3. The molecule has 3 aromatic rings. The number of rotatable bonds is 0. The molecule has 86 valence electrons. The highest BCUT2D eigenvalue weighted by Crippen LogP contribution is 2.29. The molecular formula is C11H6Cl3N3. The van der Waals surface area contributed by atoms with Crippen molar-refractivity contribution in [3.05, 3.63) is 39.2 Å². The summed E-state index contributed by atoms with van der Waals surface area (Å²) in [5.74, 6) is 0. The van der Waals surface area contributed by atoms with E-state index >= 15 is 0 Å². The van der Waals surface area contributed by atoms with Gasteiger partial charge < -0.3 is 0 Å². The SMILES string of the molecule is Cc1cnc2c(Cl)nc3cc(Cl)c(Cl)cc3n12. The number of benzene rings is 1. The predicted octanol–water partition coefficient (Wildman–Crippen LogP) is 4.15. The van der Waals surface area contributed by atoms with Gasteiger partial charge in [0.1, 0.15) is 0 Å². The van der Waals surface area contributed by atoms with E-state index in [0.717, 1.165) is 11.2 Å². The highest BCUT2D eigenvalue weighted by atomic mass is 35.5. The second-order valence-electron chi connectivity index (χ2n) is 3.72. The molecule has 6 heteroatoms. The maximum absolute atomic E-state index is 6.07. The molecule has 1 aromatic carbocycles. The van der Waals surface area contributed by atoms with E-state index in [1.54, 1.807) is 18.3 Å². The Morgan fingerprint density at radius 2 is 1.82 bits per heavy atom. The first-order valence-corrected chi connectivity index (χ1v) is 5.99. The lowest BCUT2D eigenvalue weighted by atomic mass is 10.3. The summed E-state index contributed by atoms with van der Waals surface area (Å²) < 4.78 is 1.91. The molecule has 0 aliphatic heterocycles. The van der Waals surface area contributed by atoms with Gasteiger partial charge in [0.2, 0.25) is 0 Å². The maximum Gasteiger partial charge on any atom is 0.175 e. The predicted molar refractivity (Wildman–Crippen MR) is 70.3 cm³/mol. The molecular weight excluding hydrogens is 281 g/mol. The van der Waals surface area contributed by atoms with Crippen LogP contribution in [0.1, 0.15) is 5.69 Å². The maximum atomic E-state index is 6.07. The first kappa shape index (κ1) is 11.1. The van der Waals surface area contributed by atoms with E-state index in [1.807, 2.05) is 11.3 Å². The second-order valence-corrected chi connectivity index (χ2v) is 4.89. The van der Waals surface area contributed by atoms with Crippen molar-refractivity contribution in [3.8, 4) is 0 Å². The molecule has 0 spiro atoms. The Morgan fingerprint density at radius 1 is 1.12 bits per heavy atom. The lowest BCUT2D eigenvalue weighted by Gasteiger charge is -2.06. The Hall–Kier alpha value is -1.03. The third kappa shape index (κ3) is 1.58. The molecule has 0 aliphatic rings. The van der Waals surface area contributed by atoms with E-state index in [9.17, 15) is 0 Å². The van der Waals surface area contributed by atoms with Crippen molar-refractivity contribution in [1.82, 2.24) is 14.4 Å². The van der Waals surface area contributed by atoms with Crippen LogP contribution in [0.3, 0.4) is 0 Å². The van der Waals surface area contributed by atoms with Crippen LogP contribution in [-0.4, -0.2) is 14.4 Å². The van der Waals surface area contributed by atoms with Crippen LogP contribution >= 0.6 is 34.8 Å². The van der Waals surface area contributed by atoms with Crippen molar-refractivity contribution >= 4 is 51.5 Å².